The molecule has 1 saturated carbocycles. The van der Waals surface area contributed by atoms with Crippen molar-refractivity contribution in [3.8, 4) is 0 Å². The van der Waals surface area contributed by atoms with Gasteiger partial charge in [0.25, 0.3) is 0 Å². The minimum absolute atomic E-state index is 0.0429. The van der Waals surface area contributed by atoms with Crippen LogP contribution in [-0.2, 0) is 15.6 Å². The second kappa shape index (κ2) is 6.04. The largest absolute Gasteiger partial charge is 0.327 e. The number of halogens is 1. The second-order valence-corrected chi connectivity index (χ2v) is 8.71. The first-order chi connectivity index (χ1) is 9.29. The predicted molar refractivity (Wildman–Crippen MR) is 83.4 cm³/mol. The lowest BCUT2D eigenvalue weighted by atomic mass is 9.80. The molecule has 0 saturated heterocycles. The zero-order valence-corrected chi connectivity index (χ0v) is 13.5. The monoisotopic (exact) mass is 315 g/mol. The Kier molecular flexibility index (Phi) is 4.77. The molecule has 20 heavy (non-hydrogen) atoms. The third-order valence-corrected chi connectivity index (χ3v) is 6.76. The molecule has 0 bridgehead atoms. The summed E-state index contributed by atoms with van der Waals surface area (Å²) in [6.07, 6.45) is 1.72. The Labute approximate surface area is 126 Å². The van der Waals surface area contributed by atoms with Gasteiger partial charge in [0.15, 0.2) is 9.84 Å². The van der Waals surface area contributed by atoms with Gasteiger partial charge in [-0.15, -0.1) is 0 Å². The van der Waals surface area contributed by atoms with Gasteiger partial charge >= 0.3 is 0 Å². The van der Waals surface area contributed by atoms with E-state index in [0.29, 0.717) is 10.9 Å². The van der Waals surface area contributed by atoms with E-state index in [9.17, 15) is 8.42 Å². The van der Waals surface area contributed by atoms with Gasteiger partial charge in [-0.2, -0.15) is 0 Å². The number of nitrogens with two attached hydrogens (primary N) is 1. The highest BCUT2D eigenvalue weighted by Gasteiger charge is 2.40. The standard InChI is InChI=1S/C15H22ClNO2S/c1-10-7-11(2)15(14(17)8-10)20(18,19)9-12-3-5-13(16)6-4-12/h3-6,10-11,14-15H,7-9,17H2,1-2H3. The molecule has 0 aromatic heterocycles. The summed E-state index contributed by atoms with van der Waals surface area (Å²) in [6.45, 7) is 4.14. The van der Waals surface area contributed by atoms with E-state index < -0.39 is 15.1 Å². The molecule has 112 valence electrons. The number of benzene rings is 1. The van der Waals surface area contributed by atoms with Gasteiger partial charge in [-0.3, -0.25) is 0 Å². The maximum Gasteiger partial charge on any atom is 0.159 e. The molecule has 1 aromatic carbocycles. The second-order valence-electron chi connectivity index (χ2n) is 6.12. The zero-order chi connectivity index (χ0) is 14.9. The number of hydrogen-bond acceptors (Lipinski definition) is 3. The van der Waals surface area contributed by atoms with Crippen LogP contribution in [0.1, 0.15) is 32.3 Å². The van der Waals surface area contributed by atoms with Crippen molar-refractivity contribution in [1.82, 2.24) is 0 Å². The van der Waals surface area contributed by atoms with Gasteiger partial charge in [-0.25, -0.2) is 8.42 Å². The molecule has 4 atom stereocenters. The molecule has 0 aliphatic heterocycles. The molecule has 2 rings (SSSR count). The van der Waals surface area contributed by atoms with E-state index in [-0.39, 0.29) is 17.7 Å². The molecule has 1 aromatic rings. The first-order valence-corrected chi connectivity index (χ1v) is 9.10. The Balaban J connectivity index is 2.19. The van der Waals surface area contributed by atoms with Crippen LogP contribution in [0.4, 0.5) is 0 Å². The number of hydrogen-bond donors (Lipinski definition) is 1. The summed E-state index contributed by atoms with van der Waals surface area (Å²) in [4.78, 5) is 0. The zero-order valence-electron chi connectivity index (χ0n) is 11.9. The van der Waals surface area contributed by atoms with Gasteiger partial charge in [-0.1, -0.05) is 37.6 Å². The van der Waals surface area contributed by atoms with Crippen molar-refractivity contribution in [3.63, 3.8) is 0 Å². The molecule has 2 N–H and O–H groups in total. The van der Waals surface area contributed by atoms with Crippen molar-refractivity contribution in [2.24, 2.45) is 17.6 Å². The molecule has 0 spiro atoms. The first-order valence-electron chi connectivity index (χ1n) is 7.01. The lowest BCUT2D eigenvalue weighted by Gasteiger charge is -2.37. The highest BCUT2D eigenvalue weighted by Crippen LogP contribution is 2.33. The van der Waals surface area contributed by atoms with E-state index >= 15 is 0 Å². The van der Waals surface area contributed by atoms with Crippen molar-refractivity contribution in [2.75, 3.05) is 0 Å². The third kappa shape index (κ3) is 3.54. The lowest BCUT2D eigenvalue weighted by molar-refractivity contribution is 0.271. The SMILES string of the molecule is CC1CC(C)C(S(=O)(=O)Cc2ccc(Cl)cc2)C(N)C1. The van der Waals surface area contributed by atoms with Crippen LogP contribution >= 0.6 is 11.6 Å². The maximum absolute atomic E-state index is 12.7. The molecule has 1 aliphatic carbocycles. The summed E-state index contributed by atoms with van der Waals surface area (Å²) in [5.74, 6) is 0.661. The van der Waals surface area contributed by atoms with Gasteiger partial charge in [0.2, 0.25) is 0 Å². The molecule has 4 unspecified atom stereocenters. The Morgan fingerprint density at radius 3 is 2.35 bits per heavy atom. The molecule has 0 radical (unpaired) electrons. The fourth-order valence-electron chi connectivity index (χ4n) is 3.42. The van der Waals surface area contributed by atoms with Crippen LogP contribution in [0.2, 0.25) is 5.02 Å². The topological polar surface area (TPSA) is 60.2 Å². The predicted octanol–water partition coefficient (Wildman–Crippen LogP) is 3.02. The van der Waals surface area contributed by atoms with Crippen LogP contribution in [0.3, 0.4) is 0 Å². The van der Waals surface area contributed by atoms with Gasteiger partial charge in [0.1, 0.15) is 0 Å². The highest BCUT2D eigenvalue weighted by molar-refractivity contribution is 7.91. The highest BCUT2D eigenvalue weighted by atomic mass is 35.5. The minimum Gasteiger partial charge on any atom is -0.327 e. The first kappa shape index (κ1) is 15.8. The van der Waals surface area contributed by atoms with Gasteiger partial charge < -0.3 is 5.73 Å². The minimum atomic E-state index is -3.24. The van der Waals surface area contributed by atoms with Crippen molar-refractivity contribution in [1.29, 1.82) is 0 Å². The molecule has 1 aliphatic rings. The molecular formula is C15H22ClNO2S. The maximum atomic E-state index is 12.7. The van der Waals surface area contributed by atoms with Crippen LogP contribution in [-0.4, -0.2) is 19.7 Å². The van der Waals surface area contributed by atoms with Crippen LogP contribution in [0.5, 0.6) is 0 Å². The van der Waals surface area contributed by atoms with Crippen LogP contribution < -0.4 is 5.73 Å². The third-order valence-electron chi connectivity index (χ3n) is 4.13. The Bertz CT molecular complexity index is 544. The Hall–Kier alpha value is -0.580. The smallest absolute Gasteiger partial charge is 0.159 e. The van der Waals surface area contributed by atoms with E-state index in [1.165, 1.54) is 0 Å². The summed E-state index contributed by atoms with van der Waals surface area (Å²) in [5.41, 5.74) is 6.89. The average Bonchev–Trinajstić information content (AvgIpc) is 2.30. The average molecular weight is 316 g/mol. The molecule has 5 heteroatoms. The molecule has 3 nitrogen and oxygen atoms in total. The quantitative estimate of drug-likeness (QED) is 0.932. The van der Waals surface area contributed by atoms with E-state index in [1.807, 2.05) is 6.92 Å². The van der Waals surface area contributed by atoms with E-state index in [2.05, 4.69) is 6.92 Å². The van der Waals surface area contributed by atoms with Crippen LogP contribution in [0.25, 0.3) is 0 Å². The Morgan fingerprint density at radius 2 is 1.80 bits per heavy atom. The van der Waals surface area contributed by atoms with Crippen LogP contribution in [0.15, 0.2) is 24.3 Å². The normalized spacial score (nSPS) is 31.2. The van der Waals surface area contributed by atoms with Gasteiger partial charge in [0, 0.05) is 11.1 Å². The van der Waals surface area contributed by atoms with Crippen molar-refractivity contribution in [2.45, 2.75) is 43.7 Å². The van der Waals surface area contributed by atoms with E-state index in [1.54, 1.807) is 24.3 Å². The summed E-state index contributed by atoms with van der Waals surface area (Å²) < 4.78 is 25.3. The number of sulfone groups is 1. The van der Waals surface area contributed by atoms with E-state index in [0.717, 1.165) is 18.4 Å². The Morgan fingerprint density at radius 1 is 1.20 bits per heavy atom. The van der Waals surface area contributed by atoms with E-state index in [4.69, 9.17) is 17.3 Å². The van der Waals surface area contributed by atoms with Gasteiger partial charge in [-0.05, 0) is 42.4 Å². The van der Waals surface area contributed by atoms with Crippen molar-refractivity contribution < 1.29 is 8.42 Å². The molecule has 0 amide bonds. The molecule has 0 heterocycles. The number of rotatable bonds is 3. The summed E-state index contributed by atoms with van der Waals surface area (Å²) >= 11 is 5.82. The molecular weight excluding hydrogens is 294 g/mol. The fourth-order valence-corrected chi connectivity index (χ4v) is 5.85. The fraction of sp³-hybridized carbons (Fsp3) is 0.600. The van der Waals surface area contributed by atoms with Gasteiger partial charge in [0.05, 0.1) is 11.0 Å². The summed E-state index contributed by atoms with van der Waals surface area (Å²) in [6, 6.07) is 6.71. The van der Waals surface area contributed by atoms with Crippen LogP contribution in [0, 0.1) is 11.8 Å². The molecule has 1 fully saturated rings. The van der Waals surface area contributed by atoms with Crippen molar-refractivity contribution in [3.05, 3.63) is 34.9 Å². The summed E-state index contributed by atoms with van der Waals surface area (Å²) in [5, 5.41) is 0.178. The summed E-state index contributed by atoms with van der Waals surface area (Å²) in [7, 11) is -3.24. The lowest BCUT2D eigenvalue weighted by Crippen LogP contribution is -2.49. The van der Waals surface area contributed by atoms with Crippen molar-refractivity contribution >= 4 is 21.4 Å².